The number of alkyl halides is 3. The van der Waals surface area contributed by atoms with E-state index >= 15 is 0 Å². The summed E-state index contributed by atoms with van der Waals surface area (Å²) in [6.07, 6.45) is -5.30. The van der Waals surface area contributed by atoms with Crippen LogP contribution in [0.5, 0.6) is 5.75 Å². The fraction of sp³-hybridized carbons (Fsp3) is 0.394. The molecule has 1 heterocycles. The molecule has 233 valence electrons. The molecule has 0 aliphatic carbocycles. The number of nitrogens with zero attached hydrogens (tertiary/aromatic N) is 1. The van der Waals surface area contributed by atoms with Crippen LogP contribution in [-0.2, 0) is 4.57 Å². The molecular weight excluding hydrogens is 714 g/mol. The zero-order chi connectivity index (χ0) is 32.1. The molecule has 0 atom stereocenters. The second-order valence-electron chi connectivity index (χ2n) is 13.3. The van der Waals surface area contributed by atoms with E-state index < -0.39 is 36.0 Å². The van der Waals surface area contributed by atoms with Crippen LogP contribution in [0.2, 0.25) is 0 Å². The molecule has 1 aromatic heterocycles. The Morgan fingerprint density at radius 1 is 0.744 bits per heavy atom. The number of rotatable bonds is 2. The molecule has 4 aromatic rings. The molecule has 1 N–H and O–H groups in total. The van der Waals surface area contributed by atoms with Crippen molar-refractivity contribution in [3.05, 3.63) is 82.6 Å². The first-order valence-electron chi connectivity index (χ1n) is 13.6. The van der Waals surface area contributed by atoms with Gasteiger partial charge in [0.25, 0.3) is 11.3 Å². The first-order chi connectivity index (χ1) is 19.1. The summed E-state index contributed by atoms with van der Waals surface area (Å²) in [5.41, 5.74) is -2.04. The summed E-state index contributed by atoms with van der Waals surface area (Å²) < 4.78 is 53.7. The fourth-order valence-corrected chi connectivity index (χ4v) is 12.4. The Kier molecular flexibility index (Phi) is 11.2. The second kappa shape index (κ2) is 12.9. The Morgan fingerprint density at radius 3 is 1.65 bits per heavy atom. The molecule has 5 nitrogen and oxygen atoms in total. The van der Waals surface area contributed by atoms with E-state index in [4.69, 9.17) is 0 Å². The molecule has 0 amide bonds. The number of hydrogen-bond donors (Lipinski definition) is 1. The SMILES string of the molecule is CC(C)(C)P(=O)(C(C)(C)C)C(C)(C)C.O=C(c1c(O)c2c3ccccc3ccc2n(-c2ccccc2)c1=O)C(F)(F)F.[Eu]. The minimum atomic E-state index is -5.30. The van der Waals surface area contributed by atoms with Crippen LogP contribution >= 0.6 is 7.14 Å². The van der Waals surface area contributed by atoms with Crippen molar-refractivity contribution in [3.8, 4) is 11.4 Å². The van der Waals surface area contributed by atoms with Crippen molar-refractivity contribution in [2.75, 3.05) is 0 Å². The summed E-state index contributed by atoms with van der Waals surface area (Å²) in [6.45, 7) is 18.9. The number of benzene rings is 3. The Labute approximate surface area is 291 Å². The van der Waals surface area contributed by atoms with Crippen LogP contribution in [-0.4, -0.2) is 37.1 Å². The molecular formula is C33H39EuF3NO4P. The van der Waals surface area contributed by atoms with Crippen LogP contribution in [0, 0.1) is 49.4 Å². The van der Waals surface area contributed by atoms with Crippen LogP contribution in [0.15, 0.2) is 71.5 Å². The normalized spacial score (nSPS) is 12.8. The predicted octanol–water partition coefficient (Wildman–Crippen LogP) is 9.34. The van der Waals surface area contributed by atoms with Crippen LogP contribution < -0.4 is 5.56 Å². The quantitative estimate of drug-likeness (QED) is 0.126. The van der Waals surface area contributed by atoms with Crippen molar-refractivity contribution in [1.82, 2.24) is 4.57 Å². The molecule has 1 radical (unpaired) electrons. The van der Waals surface area contributed by atoms with E-state index in [1.54, 1.807) is 48.5 Å². The molecule has 0 fully saturated rings. The summed E-state index contributed by atoms with van der Waals surface area (Å²) in [7, 11) is -2.27. The van der Waals surface area contributed by atoms with Gasteiger partial charge in [-0.25, -0.2) is 0 Å². The van der Waals surface area contributed by atoms with E-state index in [0.717, 1.165) is 4.57 Å². The summed E-state index contributed by atoms with van der Waals surface area (Å²) in [5, 5.41) is 11.3. The van der Waals surface area contributed by atoms with E-state index in [-0.39, 0.29) is 81.4 Å². The number of aromatic hydroxyl groups is 1. The van der Waals surface area contributed by atoms with Gasteiger partial charge in [-0.2, -0.15) is 13.2 Å². The number of halogens is 3. The number of ketones is 1. The summed E-state index contributed by atoms with van der Waals surface area (Å²) in [4.78, 5) is 24.9. The molecule has 4 rings (SSSR count). The Balaban J connectivity index is 0.000000369. The van der Waals surface area contributed by atoms with Gasteiger partial charge in [-0.05, 0) is 29.0 Å². The molecule has 0 aliphatic heterocycles. The maximum atomic E-state index is 13.3. The van der Waals surface area contributed by atoms with E-state index in [2.05, 4.69) is 62.3 Å². The van der Waals surface area contributed by atoms with Gasteiger partial charge in [0.1, 0.15) is 18.5 Å². The average molecular weight is 754 g/mol. The van der Waals surface area contributed by atoms with Crippen molar-refractivity contribution >= 4 is 34.6 Å². The van der Waals surface area contributed by atoms with Gasteiger partial charge in [0.15, 0.2) is 0 Å². The van der Waals surface area contributed by atoms with Gasteiger partial charge in [-0.15, -0.1) is 0 Å². The maximum absolute atomic E-state index is 13.3. The van der Waals surface area contributed by atoms with Gasteiger partial charge in [-0.3, -0.25) is 14.2 Å². The molecule has 0 saturated heterocycles. The van der Waals surface area contributed by atoms with Crippen LogP contribution in [0.4, 0.5) is 13.2 Å². The van der Waals surface area contributed by atoms with Crippen LogP contribution in [0.1, 0.15) is 72.7 Å². The Bertz CT molecular complexity index is 1700. The fourth-order valence-electron chi connectivity index (χ4n) is 6.34. The zero-order valence-electron chi connectivity index (χ0n) is 25.9. The second-order valence-corrected chi connectivity index (χ2v) is 18.6. The summed E-state index contributed by atoms with van der Waals surface area (Å²) in [6, 6.07) is 18.0. The molecule has 43 heavy (non-hydrogen) atoms. The molecule has 0 bridgehead atoms. The Morgan fingerprint density at radius 2 is 1.21 bits per heavy atom. The summed E-state index contributed by atoms with van der Waals surface area (Å²) >= 11 is 0. The minimum Gasteiger partial charge on any atom is -0.506 e. The van der Waals surface area contributed by atoms with Gasteiger partial charge in [0, 0.05) is 75.9 Å². The predicted molar refractivity (Wildman–Crippen MR) is 166 cm³/mol. The van der Waals surface area contributed by atoms with Crippen molar-refractivity contribution in [3.63, 3.8) is 0 Å². The number of pyridine rings is 1. The monoisotopic (exact) mass is 754 g/mol. The Hall–Kier alpha value is -1.80. The van der Waals surface area contributed by atoms with E-state index in [0.29, 0.717) is 10.8 Å². The van der Waals surface area contributed by atoms with Gasteiger partial charge >= 0.3 is 6.18 Å². The van der Waals surface area contributed by atoms with Crippen molar-refractivity contribution in [2.24, 2.45) is 0 Å². The number of Topliss-reactive ketones (excluding diaryl/α,β-unsaturated/α-hetero) is 1. The van der Waals surface area contributed by atoms with Crippen LogP contribution in [0.3, 0.4) is 0 Å². The third kappa shape index (κ3) is 7.05. The van der Waals surface area contributed by atoms with Gasteiger partial charge in [0.05, 0.1) is 5.52 Å². The van der Waals surface area contributed by atoms with E-state index in [1.807, 2.05) is 0 Å². The molecule has 10 heteroatoms. The number of hydrogen-bond acceptors (Lipinski definition) is 4. The largest absolute Gasteiger partial charge is 0.506 e. The maximum Gasteiger partial charge on any atom is 0.455 e. The van der Waals surface area contributed by atoms with E-state index in [1.165, 1.54) is 18.2 Å². The molecule has 0 unspecified atom stereocenters. The standard InChI is InChI=1S/C21H12F3NO3.C12H27OP.Eu/c22-21(23,24)19(27)17-18(26)16-14-9-5-4-6-12(14)10-11-15(16)25(20(17)28)13-7-2-1-3-8-13;1-10(2,3)14(13,11(4,5)6)12(7,8)9;/h1-11,26H;1-9H3;. The molecule has 3 aromatic carbocycles. The number of carbonyl (C=O) groups is 1. The van der Waals surface area contributed by atoms with Gasteiger partial charge < -0.3 is 9.67 Å². The van der Waals surface area contributed by atoms with Gasteiger partial charge in [0.2, 0.25) is 0 Å². The number of aromatic nitrogens is 1. The van der Waals surface area contributed by atoms with Crippen molar-refractivity contribution < 1.29 is 77.0 Å². The third-order valence-corrected chi connectivity index (χ3v) is 13.0. The minimum absolute atomic E-state index is 0. The average Bonchev–Trinajstić information content (AvgIpc) is 2.86. The van der Waals surface area contributed by atoms with Crippen molar-refractivity contribution in [2.45, 2.75) is 84.0 Å². The van der Waals surface area contributed by atoms with Gasteiger partial charge in [-0.1, -0.05) is 111 Å². The van der Waals surface area contributed by atoms with Crippen molar-refractivity contribution in [1.29, 1.82) is 0 Å². The number of carbonyl (C=O) groups excluding carboxylic acids is 1. The molecule has 0 saturated carbocycles. The summed E-state index contributed by atoms with van der Waals surface area (Å²) in [5.74, 6) is -3.35. The smallest absolute Gasteiger partial charge is 0.455 e. The first kappa shape index (κ1) is 37.4. The topological polar surface area (TPSA) is 76.4 Å². The zero-order valence-corrected chi connectivity index (χ0v) is 29.2. The number of fused-ring (bicyclic) bond motifs is 3. The first-order valence-corrected chi connectivity index (χ1v) is 15.3. The molecule has 0 spiro atoms. The van der Waals surface area contributed by atoms with Crippen LogP contribution in [0.25, 0.3) is 27.4 Å². The third-order valence-electron chi connectivity index (χ3n) is 7.37. The number of para-hydroxylation sites is 1. The molecule has 0 aliphatic rings. The van der Waals surface area contributed by atoms with E-state index in [9.17, 15) is 32.4 Å².